The van der Waals surface area contributed by atoms with Crippen molar-refractivity contribution in [1.82, 2.24) is 0 Å². The number of carboxylic acids is 1. The predicted octanol–water partition coefficient (Wildman–Crippen LogP) is 5.93. The van der Waals surface area contributed by atoms with Gasteiger partial charge in [-0.15, -0.1) is 0 Å². The Hall–Kier alpha value is -1.85. The summed E-state index contributed by atoms with van der Waals surface area (Å²) in [6, 6.07) is 0. The molecule has 1 aliphatic carbocycles. The van der Waals surface area contributed by atoms with Crippen LogP contribution in [0, 0.1) is 10.8 Å². The normalized spacial score (nSPS) is 14.3. The van der Waals surface area contributed by atoms with E-state index in [9.17, 15) is 14.4 Å². The lowest BCUT2D eigenvalue weighted by Gasteiger charge is -2.27. The molecule has 1 fully saturated rings. The maximum Gasteiger partial charge on any atom is 0.333 e. The maximum atomic E-state index is 11.7. The van der Waals surface area contributed by atoms with Gasteiger partial charge in [0.05, 0.1) is 17.4 Å². The van der Waals surface area contributed by atoms with Crippen LogP contribution in [0.15, 0.2) is 12.2 Å². The summed E-state index contributed by atoms with van der Waals surface area (Å²) in [5, 5.41) is 8.44. The summed E-state index contributed by atoms with van der Waals surface area (Å²) in [5.74, 6) is -1.06. The van der Waals surface area contributed by atoms with Crippen LogP contribution in [0.25, 0.3) is 0 Å². The van der Waals surface area contributed by atoms with Gasteiger partial charge in [0.25, 0.3) is 0 Å². The van der Waals surface area contributed by atoms with E-state index in [1.165, 1.54) is 19.3 Å². The van der Waals surface area contributed by atoms with Crippen molar-refractivity contribution in [3.8, 4) is 0 Å². The van der Waals surface area contributed by atoms with Crippen molar-refractivity contribution in [3.05, 3.63) is 12.2 Å². The topological polar surface area (TPSA) is 89.9 Å². The van der Waals surface area contributed by atoms with E-state index in [1.54, 1.807) is 27.7 Å². The Morgan fingerprint density at radius 2 is 1.40 bits per heavy atom. The molecule has 1 aliphatic rings. The Kier molecular flexibility index (Phi) is 15.2. The van der Waals surface area contributed by atoms with Gasteiger partial charge in [0.1, 0.15) is 6.10 Å². The van der Waals surface area contributed by atoms with Crippen molar-refractivity contribution in [3.63, 3.8) is 0 Å². The molecule has 0 bridgehead atoms. The Morgan fingerprint density at radius 1 is 0.933 bits per heavy atom. The maximum absolute atomic E-state index is 11.7. The molecule has 0 atom stereocenters. The lowest BCUT2D eigenvalue weighted by Crippen LogP contribution is -2.31. The second-order valence-corrected chi connectivity index (χ2v) is 8.95. The highest BCUT2D eigenvalue weighted by atomic mass is 16.5. The van der Waals surface area contributed by atoms with Gasteiger partial charge in [0.15, 0.2) is 0 Å². The van der Waals surface area contributed by atoms with Gasteiger partial charge in [0, 0.05) is 5.57 Å². The third-order valence-electron chi connectivity index (χ3n) is 5.35. The molecule has 0 amide bonds. The summed E-state index contributed by atoms with van der Waals surface area (Å²) < 4.78 is 10.1. The molecule has 1 rings (SSSR count). The van der Waals surface area contributed by atoms with Gasteiger partial charge < -0.3 is 14.6 Å². The molecule has 1 saturated carbocycles. The number of aliphatic carboxylic acids is 1. The summed E-state index contributed by atoms with van der Waals surface area (Å²) in [7, 11) is 0. The van der Waals surface area contributed by atoms with E-state index in [-0.39, 0.29) is 23.5 Å². The monoisotopic (exact) mass is 428 g/mol. The smallest absolute Gasteiger partial charge is 0.333 e. The van der Waals surface area contributed by atoms with E-state index >= 15 is 0 Å². The molecule has 0 heterocycles. The van der Waals surface area contributed by atoms with Gasteiger partial charge in [-0.2, -0.15) is 0 Å². The first-order valence-corrected chi connectivity index (χ1v) is 11.0. The summed E-state index contributed by atoms with van der Waals surface area (Å²) >= 11 is 0. The minimum Gasteiger partial charge on any atom is -0.481 e. The Morgan fingerprint density at radius 3 is 1.67 bits per heavy atom. The fourth-order valence-corrected chi connectivity index (χ4v) is 2.04. The molecule has 30 heavy (non-hydrogen) atoms. The molecule has 6 heteroatoms. The molecule has 1 N–H and O–H groups in total. The Bertz CT molecular complexity index is 542. The number of hydrogen-bond donors (Lipinski definition) is 1. The van der Waals surface area contributed by atoms with Gasteiger partial charge in [0.2, 0.25) is 0 Å². The van der Waals surface area contributed by atoms with E-state index in [0.29, 0.717) is 18.6 Å². The number of rotatable bonds is 7. The standard InChI is InChI=1S/C12H22O2.C6H12O2.C6H10O2/c1-4-12(2,3)11(13)14-10-8-6-5-7-9-10;1-4-6(2,3)5(7)8;1-4-8-6(7)5(2)3/h10H,4-9H2,1-3H3;4H2,1-3H3,(H,7,8);2,4H2,1,3H3. The van der Waals surface area contributed by atoms with E-state index in [0.717, 1.165) is 19.3 Å². The van der Waals surface area contributed by atoms with Crippen LogP contribution in [-0.4, -0.2) is 35.7 Å². The molecular weight excluding hydrogens is 384 g/mol. The van der Waals surface area contributed by atoms with E-state index in [2.05, 4.69) is 11.3 Å². The summed E-state index contributed by atoms with van der Waals surface area (Å²) in [6.07, 6.45) is 7.57. The van der Waals surface area contributed by atoms with Crippen molar-refractivity contribution >= 4 is 17.9 Å². The molecule has 0 aromatic rings. The molecule has 0 aromatic carbocycles. The number of carboxylic acid groups (broad SMARTS) is 1. The summed E-state index contributed by atoms with van der Waals surface area (Å²) in [6.45, 7) is 18.5. The first-order valence-electron chi connectivity index (χ1n) is 11.0. The van der Waals surface area contributed by atoms with Crippen molar-refractivity contribution in [2.75, 3.05) is 6.61 Å². The average molecular weight is 429 g/mol. The SMILES string of the molecule is C=C(C)C(=O)OCC.CCC(C)(C)C(=O)O.CCC(C)(C)C(=O)OC1CCCCC1. The fourth-order valence-electron chi connectivity index (χ4n) is 2.04. The lowest BCUT2D eigenvalue weighted by molar-refractivity contribution is -0.161. The van der Waals surface area contributed by atoms with Crippen molar-refractivity contribution in [2.24, 2.45) is 10.8 Å². The highest BCUT2D eigenvalue weighted by molar-refractivity contribution is 5.86. The molecule has 0 aromatic heterocycles. The zero-order valence-corrected chi connectivity index (χ0v) is 20.4. The van der Waals surface area contributed by atoms with Crippen LogP contribution in [0.2, 0.25) is 0 Å². The second-order valence-electron chi connectivity index (χ2n) is 8.95. The molecule has 0 unspecified atom stereocenters. The average Bonchev–Trinajstić information content (AvgIpc) is 2.69. The van der Waals surface area contributed by atoms with Gasteiger partial charge in [-0.25, -0.2) is 4.79 Å². The van der Waals surface area contributed by atoms with Crippen molar-refractivity contribution < 1.29 is 29.0 Å². The summed E-state index contributed by atoms with van der Waals surface area (Å²) in [4.78, 5) is 32.4. The summed E-state index contributed by atoms with van der Waals surface area (Å²) in [5.41, 5.74) is -0.399. The zero-order chi connectivity index (χ0) is 24.0. The Labute approximate surface area is 183 Å². The molecule has 176 valence electrons. The van der Waals surface area contributed by atoms with Crippen LogP contribution in [-0.2, 0) is 23.9 Å². The minimum absolute atomic E-state index is 0.0214. The predicted molar refractivity (Wildman–Crippen MR) is 120 cm³/mol. The zero-order valence-electron chi connectivity index (χ0n) is 20.4. The lowest BCUT2D eigenvalue weighted by atomic mass is 9.90. The van der Waals surface area contributed by atoms with Crippen LogP contribution < -0.4 is 0 Å². The largest absolute Gasteiger partial charge is 0.481 e. The number of carbonyl (C=O) groups excluding carboxylic acids is 2. The number of ether oxygens (including phenoxy) is 2. The molecule has 0 saturated heterocycles. The van der Waals surface area contributed by atoms with Gasteiger partial charge >= 0.3 is 17.9 Å². The minimum atomic E-state index is -0.722. The molecular formula is C24H44O6. The first-order chi connectivity index (χ1) is 13.7. The van der Waals surface area contributed by atoms with Crippen LogP contribution in [0.5, 0.6) is 0 Å². The van der Waals surface area contributed by atoms with Gasteiger partial charge in [-0.1, -0.05) is 26.8 Å². The number of carbonyl (C=O) groups is 3. The number of hydrogen-bond acceptors (Lipinski definition) is 5. The quantitative estimate of drug-likeness (QED) is 0.399. The van der Waals surface area contributed by atoms with Gasteiger partial charge in [-0.3, -0.25) is 9.59 Å². The Balaban J connectivity index is 0. The van der Waals surface area contributed by atoms with Crippen molar-refractivity contribution in [2.45, 2.75) is 106 Å². The third kappa shape index (κ3) is 13.4. The van der Waals surface area contributed by atoms with Gasteiger partial charge in [-0.05, 0) is 80.1 Å². The van der Waals surface area contributed by atoms with Crippen LogP contribution in [0.1, 0.15) is 100 Å². The number of esters is 2. The first kappa shape index (κ1) is 30.3. The van der Waals surface area contributed by atoms with Crippen LogP contribution in [0.4, 0.5) is 0 Å². The van der Waals surface area contributed by atoms with Crippen LogP contribution >= 0.6 is 0 Å². The fraction of sp³-hybridized carbons (Fsp3) is 0.792. The van der Waals surface area contributed by atoms with Crippen LogP contribution in [0.3, 0.4) is 0 Å². The second kappa shape index (κ2) is 15.0. The molecule has 0 aliphatic heterocycles. The van der Waals surface area contributed by atoms with E-state index in [1.807, 2.05) is 27.7 Å². The van der Waals surface area contributed by atoms with Crippen molar-refractivity contribution in [1.29, 1.82) is 0 Å². The molecule has 6 nitrogen and oxygen atoms in total. The van der Waals surface area contributed by atoms with E-state index in [4.69, 9.17) is 9.84 Å². The highest BCUT2D eigenvalue weighted by Gasteiger charge is 2.29. The highest BCUT2D eigenvalue weighted by Crippen LogP contribution is 2.26. The third-order valence-corrected chi connectivity index (χ3v) is 5.35. The molecule has 0 spiro atoms. The molecule has 0 radical (unpaired) electrons. The van der Waals surface area contributed by atoms with E-state index < -0.39 is 11.4 Å².